The highest BCUT2D eigenvalue weighted by atomic mass is 79.9. The standard InChI is InChI=1S/C16H19BrN6O3/c1-10-14(17)16(23(25)26)20-22(10)9-13(24)19-15-11(5-3-7-18-15)12-6-4-8-21(12)2/h3,5,7,12H,4,6,8-9H2,1-2H3,(H,18,19,24). The second-order valence-electron chi connectivity index (χ2n) is 6.27. The van der Waals surface area contributed by atoms with Crippen LogP contribution < -0.4 is 5.32 Å². The molecule has 3 heterocycles. The Kier molecular flexibility index (Phi) is 5.33. The lowest BCUT2D eigenvalue weighted by Crippen LogP contribution is -2.24. The van der Waals surface area contributed by atoms with E-state index in [9.17, 15) is 14.9 Å². The average Bonchev–Trinajstić information content (AvgIpc) is 3.14. The van der Waals surface area contributed by atoms with Crippen LogP contribution in [-0.2, 0) is 11.3 Å². The van der Waals surface area contributed by atoms with Crippen molar-refractivity contribution in [1.82, 2.24) is 19.7 Å². The molecule has 26 heavy (non-hydrogen) atoms. The van der Waals surface area contributed by atoms with Gasteiger partial charge in [0.15, 0.2) is 0 Å². The lowest BCUT2D eigenvalue weighted by atomic mass is 10.1. The average molecular weight is 423 g/mol. The van der Waals surface area contributed by atoms with Crippen LogP contribution in [0.15, 0.2) is 22.8 Å². The third-order valence-corrected chi connectivity index (χ3v) is 5.49. The Morgan fingerprint density at radius 1 is 1.54 bits per heavy atom. The van der Waals surface area contributed by atoms with E-state index in [1.807, 2.05) is 12.1 Å². The van der Waals surface area contributed by atoms with Crippen LogP contribution in [0.3, 0.4) is 0 Å². The third kappa shape index (κ3) is 3.61. The van der Waals surface area contributed by atoms with Crippen LogP contribution in [0.1, 0.15) is 30.1 Å². The first-order valence-electron chi connectivity index (χ1n) is 8.20. The van der Waals surface area contributed by atoms with Crippen LogP contribution in [0.4, 0.5) is 11.6 Å². The molecule has 0 bridgehead atoms. The topological polar surface area (TPSA) is 106 Å². The Bertz CT molecular complexity index is 853. The molecule has 0 aromatic carbocycles. The van der Waals surface area contributed by atoms with Crippen molar-refractivity contribution >= 4 is 33.5 Å². The molecule has 1 unspecified atom stereocenters. The van der Waals surface area contributed by atoms with Crippen LogP contribution in [0.2, 0.25) is 0 Å². The summed E-state index contributed by atoms with van der Waals surface area (Å²) in [7, 11) is 2.06. The quantitative estimate of drug-likeness (QED) is 0.586. The highest BCUT2D eigenvalue weighted by Gasteiger charge is 2.27. The van der Waals surface area contributed by atoms with Crippen LogP contribution in [0, 0.1) is 17.0 Å². The lowest BCUT2D eigenvalue weighted by molar-refractivity contribution is -0.390. The number of rotatable bonds is 5. The predicted octanol–water partition coefficient (Wildman–Crippen LogP) is 2.66. The largest absolute Gasteiger partial charge is 0.404 e. The van der Waals surface area contributed by atoms with Gasteiger partial charge in [-0.15, -0.1) is 0 Å². The molecule has 2 aromatic heterocycles. The molecule has 0 spiro atoms. The van der Waals surface area contributed by atoms with Gasteiger partial charge in [0.1, 0.15) is 16.8 Å². The number of anilines is 1. The van der Waals surface area contributed by atoms with Crippen LogP contribution in [-0.4, -0.2) is 44.1 Å². The van der Waals surface area contributed by atoms with Crippen molar-refractivity contribution in [3.05, 3.63) is 44.2 Å². The molecule has 0 saturated carbocycles. The molecule has 1 atom stereocenters. The van der Waals surface area contributed by atoms with Crippen LogP contribution in [0.5, 0.6) is 0 Å². The summed E-state index contributed by atoms with van der Waals surface area (Å²) < 4.78 is 1.59. The molecule has 9 nitrogen and oxygen atoms in total. The fourth-order valence-electron chi connectivity index (χ4n) is 3.18. The van der Waals surface area contributed by atoms with Crippen molar-refractivity contribution in [2.45, 2.75) is 32.4 Å². The van der Waals surface area contributed by atoms with Gasteiger partial charge in [0.05, 0.1) is 10.8 Å². The van der Waals surface area contributed by atoms with Gasteiger partial charge in [0.25, 0.3) is 0 Å². The summed E-state index contributed by atoms with van der Waals surface area (Å²) in [6, 6.07) is 4.05. The normalized spacial score (nSPS) is 17.4. The number of halogens is 1. The van der Waals surface area contributed by atoms with Gasteiger partial charge < -0.3 is 15.4 Å². The number of hydrogen-bond donors (Lipinski definition) is 1. The highest BCUT2D eigenvalue weighted by Crippen LogP contribution is 2.33. The first kappa shape index (κ1) is 18.5. The molecule has 1 aliphatic heterocycles. The first-order valence-corrected chi connectivity index (χ1v) is 9.00. The molecule has 2 aromatic rings. The molecule has 0 aliphatic carbocycles. The summed E-state index contributed by atoms with van der Waals surface area (Å²) in [5.41, 5.74) is 1.49. The summed E-state index contributed by atoms with van der Waals surface area (Å²) >= 11 is 3.15. The van der Waals surface area contributed by atoms with Crippen molar-refractivity contribution in [2.75, 3.05) is 18.9 Å². The molecular weight excluding hydrogens is 404 g/mol. The molecular formula is C16H19BrN6O3. The van der Waals surface area contributed by atoms with E-state index in [1.165, 1.54) is 4.68 Å². The molecule has 138 valence electrons. The van der Waals surface area contributed by atoms with Crippen molar-refractivity contribution in [3.63, 3.8) is 0 Å². The van der Waals surface area contributed by atoms with Crippen molar-refractivity contribution < 1.29 is 9.72 Å². The van der Waals surface area contributed by atoms with Gasteiger partial charge in [-0.05, 0) is 60.3 Å². The minimum atomic E-state index is -0.585. The van der Waals surface area contributed by atoms with Gasteiger partial charge in [-0.25, -0.2) is 4.98 Å². The number of aromatic nitrogens is 3. The minimum Gasteiger partial charge on any atom is -0.358 e. The molecule has 1 N–H and O–H groups in total. The Morgan fingerprint density at radius 2 is 2.31 bits per heavy atom. The fraction of sp³-hybridized carbons (Fsp3) is 0.438. The van der Waals surface area contributed by atoms with Gasteiger partial charge in [-0.1, -0.05) is 6.07 Å². The van der Waals surface area contributed by atoms with Gasteiger partial charge in [-0.3, -0.25) is 9.69 Å². The number of pyridine rings is 1. The Balaban J connectivity index is 1.77. The Hall–Kier alpha value is -2.33. The zero-order valence-corrected chi connectivity index (χ0v) is 16.1. The Labute approximate surface area is 158 Å². The number of carbonyl (C=O) groups is 1. The number of nitro groups is 1. The summed E-state index contributed by atoms with van der Waals surface area (Å²) in [5.74, 6) is -0.116. The van der Waals surface area contributed by atoms with E-state index in [0.717, 1.165) is 24.9 Å². The molecule has 1 saturated heterocycles. The number of nitrogens with zero attached hydrogens (tertiary/aromatic N) is 5. The molecule has 1 fully saturated rings. The number of amides is 1. The van der Waals surface area contributed by atoms with E-state index >= 15 is 0 Å². The monoisotopic (exact) mass is 422 g/mol. The second-order valence-corrected chi connectivity index (χ2v) is 7.06. The molecule has 1 amide bonds. The van der Waals surface area contributed by atoms with Crippen LogP contribution in [0.25, 0.3) is 0 Å². The lowest BCUT2D eigenvalue weighted by Gasteiger charge is -2.21. The number of nitrogens with one attached hydrogen (secondary N) is 1. The van der Waals surface area contributed by atoms with E-state index in [-0.39, 0.29) is 28.8 Å². The highest BCUT2D eigenvalue weighted by molar-refractivity contribution is 9.10. The van der Waals surface area contributed by atoms with Gasteiger partial charge in [-0.2, -0.15) is 4.68 Å². The third-order valence-electron chi connectivity index (χ3n) is 4.56. The van der Waals surface area contributed by atoms with Gasteiger partial charge in [0, 0.05) is 17.8 Å². The fourth-order valence-corrected chi connectivity index (χ4v) is 3.61. The first-order chi connectivity index (χ1) is 12.4. The van der Waals surface area contributed by atoms with Gasteiger partial charge >= 0.3 is 5.82 Å². The summed E-state index contributed by atoms with van der Waals surface area (Å²) in [4.78, 5) is 29.4. The van der Waals surface area contributed by atoms with E-state index in [4.69, 9.17) is 0 Å². The van der Waals surface area contributed by atoms with Crippen molar-refractivity contribution in [3.8, 4) is 0 Å². The molecule has 3 rings (SSSR count). The second kappa shape index (κ2) is 7.50. The maximum Gasteiger partial charge on any atom is 0.404 e. The Morgan fingerprint density at radius 3 is 2.92 bits per heavy atom. The van der Waals surface area contributed by atoms with Gasteiger partial charge in [0.2, 0.25) is 5.91 Å². The number of likely N-dealkylation sites (tertiary alicyclic amines) is 1. The van der Waals surface area contributed by atoms with Crippen LogP contribution >= 0.6 is 15.9 Å². The smallest absolute Gasteiger partial charge is 0.358 e. The van der Waals surface area contributed by atoms with Crippen molar-refractivity contribution in [1.29, 1.82) is 0 Å². The summed E-state index contributed by atoms with van der Waals surface area (Å²) in [6.45, 7) is 2.54. The molecule has 0 radical (unpaired) electrons. The van der Waals surface area contributed by atoms with E-state index in [1.54, 1.807) is 13.1 Å². The number of hydrogen-bond acceptors (Lipinski definition) is 6. The van der Waals surface area contributed by atoms with Crippen molar-refractivity contribution in [2.24, 2.45) is 0 Å². The maximum absolute atomic E-state index is 12.5. The zero-order chi connectivity index (χ0) is 18.8. The van der Waals surface area contributed by atoms with E-state index in [0.29, 0.717) is 11.5 Å². The molecule has 10 heteroatoms. The maximum atomic E-state index is 12.5. The summed E-state index contributed by atoms with van der Waals surface area (Å²) in [5, 5.41) is 17.7. The SMILES string of the molecule is Cc1c(Br)c([N+](=O)[O-])nn1CC(=O)Nc1ncccc1C1CCCN1C. The van der Waals surface area contributed by atoms with E-state index < -0.39 is 4.92 Å². The minimum absolute atomic E-state index is 0.130. The zero-order valence-electron chi connectivity index (χ0n) is 14.5. The summed E-state index contributed by atoms with van der Waals surface area (Å²) in [6.07, 6.45) is 3.75. The predicted molar refractivity (Wildman–Crippen MR) is 98.8 cm³/mol. The molecule has 1 aliphatic rings. The van der Waals surface area contributed by atoms with E-state index in [2.05, 4.69) is 43.3 Å². The number of carbonyl (C=O) groups excluding carboxylic acids is 1.